The van der Waals surface area contributed by atoms with Crippen molar-refractivity contribution < 1.29 is 13.9 Å². The molecule has 0 unspecified atom stereocenters. The minimum absolute atomic E-state index is 0.0252. The molecule has 0 aliphatic carbocycles. The van der Waals surface area contributed by atoms with Crippen molar-refractivity contribution in [1.82, 2.24) is 0 Å². The highest BCUT2D eigenvalue weighted by Crippen LogP contribution is 2.38. The fourth-order valence-corrected chi connectivity index (χ4v) is 1.99. The van der Waals surface area contributed by atoms with Crippen molar-refractivity contribution in [2.45, 2.75) is 0 Å². The molecule has 0 aliphatic heterocycles. The van der Waals surface area contributed by atoms with E-state index >= 15 is 0 Å². The highest BCUT2D eigenvalue weighted by Gasteiger charge is 2.11. The number of halogens is 4. The van der Waals surface area contributed by atoms with E-state index in [1.165, 1.54) is 12.1 Å². The lowest BCUT2D eigenvalue weighted by Crippen LogP contribution is -1.85. The standard InChI is InChI=1S/C12H6Cl2F2O/c13-7-3-10(12(17)11(14)4-7)6-1-8(15)5-9(16)2-6/h1-5,17H. The summed E-state index contributed by atoms with van der Waals surface area (Å²) in [5, 5.41) is 10.0. The molecule has 0 spiro atoms. The fourth-order valence-electron chi connectivity index (χ4n) is 1.50. The van der Waals surface area contributed by atoms with Gasteiger partial charge in [0.1, 0.15) is 17.4 Å². The number of benzene rings is 2. The van der Waals surface area contributed by atoms with E-state index in [9.17, 15) is 13.9 Å². The van der Waals surface area contributed by atoms with Crippen molar-refractivity contribution in [3.8, 4) is 16.9 Å². The van der Waals surface area contributed by atoms with Crippen LogP contribution >= 0.6 is 23.2 Å². The van der Waals surface area contributed by atoms with Crippen LogP contribution in [0.25, 0.3) is 11.1 Å². The Hall–Kier alpha value is -1.32. The number of rotatable bonds is 1. The van der Waals surface area contributed by atoms with Crippen LogP contribution in [0.4, 0.5) is 8.78 Å². The van der Waals surface area contributed by atoms with Crippen LogP contribution in [-0.2, 0) is 0 Å². The normalized spacial score (nSPS) is 10.6. The summed E-state index contributed by atoms with van der Waals surface area (Å²) in [6.45, 7) is 0. The lowest BCUT2D eigenvalue weighted by molar-refractivity contribution is 0.477. The van der Waals surface area contributed by atoms with Gasteiger partial charge in [0.05, 0.1) is 5.02 Å². The number of phenols is 1. The SMILES string of the molecule is Oc1c(Cl)cc(Cl)cc1-c1cc(F)cc(F)c1. The van der Waals surface area contributed by atoms with Gasteiger partial charge in [-0.25, -0.2) is 8.78 Å². The first kappa shape index (κ1) is 12.1. The maximum Gasteiger partial charge on any atom is 0.142 e. The van der Waals surface area contributed by atoms with Crippen LogP contribution in [0.2, 0.25) is 10.0 Å². The summed E-state index contributed by atoms with van der Waals surface area (Å²) in [5.74, 6) is -1.74. The maximum absolute atomic E-state index is 13.1. The first-order valence-electron chi connectivity index (χ1n) is 4.62. The molecule has 0 heterocycles. The van der Waals surface area contributed by atoms with Gasteiger partial charge in [-0.3, -0.25) is 0 Å². The number of phenolic OH excluding ortho intramolecular Hbond substituents is 1. The van der Waals surface area contributed by atoms with E-state index in [0.717, 1.165) is 18.2 Å². The second kappa shape index (κ2) is 4.51. The molecule has 0 amide bonds. The summed E-state index contributed by atoms with van der Waals surface area (Å²) in [6, 6.07) is 5.65. The molecule has 88 valence electrons. The molecule has 0 atom stereocenters. The van der Waals surface area contributed by atoms with Crippen LogP contribution in [0.15, 0.2) is 30.3 Å². The van der Waals surface area contributed by atoms with Crippen molar-refractivity contribution in [2.75, 3.05) is 0 Å². The van der Waals surface area contributed by atoms with E-state index in [1.54, 1.807) is 0 Å². The molecule has 0 aromatic heterocycles. The molecule has 17 heavy (non-hydrogen) atoms. The van der Waals surface area contributed by atoms with Crippen LogP contribution in [0, 0.1) is 11.6 Å². The summed E-state index contributed by atoms with van der Waals surface area (Å²) in [7, 11) is 0. The third-order valence-corrected chi connectivity index (χ3v) is 2.71. The van der Waals surface area contributed by atoms with Crippen molar-refractivity contribution in [3.63, 3.8) is 0 Å². The molecule has 1 nitrogen and oxygen atoms in total. The van der Waals surface area contributed by atoms with Crippen molar-refractivity contribution in [3.05, 3.63) is 52.0 Å². The van der Waals surface area contributed by atoms with Gasteiger partial charge < -0.3 is 5.11 Å². The smallest absolute Gasteiger partial charge is 0.142 e. The molecule has 2 rings (SSSR count). The van der Waals surface area contributed by atoms with Gasteiger partial charge in [0.25, 0.3) is 0 Å². The van der Waals surface area contributed by atoms with Crippen LogP contribution < -0.4 is 0 Å². The highest BCUT2D eigenvalue weighted by molar-refractivity contribution is 6.36. The lowest BCUT2D eigenvalue weighted by atomic mass is 10.0. The number of hydrogen-bond acceptors (Lipinski definition) is 1. The van der Waals surface area contributed by atoms with Crippen LogP contribution in [0.3, 0.4) is 0 Å². The zero-order chi connectivity index (χ0) is 12.6. The molecule has 0 radical (unpaired) electrons. The van der Waals surface area contributed by atoms with Crippen LogP contribution in [0.5, 0.6) is 5.75 Å². The zero-order valence-electron chi connectivity index (χ0n) is 8.35. The van der Waals surface area contributed by atoms with E-state index < -0.39 is 11.6 Å². The van der Waals surface area contributed by atoms with Gasteiger partial charge in [-0.15, -0.1) is 0 Å². The quantitative estimate of drug-likeness (QED) is 0.803. The zero-order valence-corrected chi connectivity index (χ0v) is 9.86. The maximum atomic E-state index is 13.1. The van der Waals surface area contributed by atoms with Crippen LogP contribution in [0.1, 0.15) is 0 Å². The Kier molecular flexibility index (Phi) is 3.22. The van der Waals surface area contributed by atoms with E-state index in [-0.39, 0.29) is 26.9 Å². The Bertz CT molecular complexity index is 565. The molecule has 2 aromatic carbocycles. The predicted octanol–water partition coefficient (Wildman–Crippen LogP) is 4.64. The first-order valence-corrected chi connectivity index (χ1v) is 5.37. The molecule has 2 aromatic rings. The molecule has 0 aliphatic rings. The molecule has 5 heteroatoms. The third kappa shape index (κ3) is 2.51. The van der Waals surface area contributed by atoms with Gasteiger partial charge in [-0.05, 0) is 29.8 Å². The Morgan fingerprint density at radius 3 is 2.06 bits per heavy atom. The lowest BCUT2D eigenvalue weighted by Gasteiger charge is -2.07. The Morgan fingerprint density at radius 1 is 0.882 bits per heavy atom. The topological polar surface area (TPSA) is 20.2 Å². The molecule has 0 bridgehead atoms. The van der Waals surface area contributed by atoms with Gasteiger partial charge in [-0.1, -0.05) is 23.2 Å². The minimum Gasteiger partial charge on any atom is -0.506 e. The Labute approximate surface area is 106 Å². The molecule has 0 saturated heterocycles. The molecular weight excluding hydrogens is 269 g/mol. The molecule has 0 saturated carbocycles. The van der Waals surface area contributed by atoms with Gasteiger partial charge in [0, 0.05) is 16.7 Å². The molecule has 1 N–H and O–H groups in total. The number of aromatic hydroxyl groups is 1. The van der Waals surface area contributed by atoms with Gasteiger partial charge >= 0.3 is 0 Å². The average molecular weight is 275 g/mol. The van der Waals surface area contributed by atoms with E-state index in [4.69, 9.17) is 23.2 Å². The average Bonchev–Trinajstić information content (AvgIpc) is 2.22. The summed E-state index contributed by atoms with van der Waals surface area (Å²) < 4.78 is 26.1. The Balaban J connectivity index is 2.67. The fraction of sp³-hybridized carbons (Fsp3) is 0. The highest BCUT2D eigenvalue weighted by atomic mass is 35.5. The van der Waals surface area contributed by atoms with Crippen molar-refractivity contribution in [1.29, 1.82) is 0 Å². The van der Waals surface area contributed by atoms with E-state index in [2.05, 4.69) is 0 Å². The van der Waals surface area contributed by atoms with E-state index in [1.807, 2.05) is 0 Å². The number of hydrogen-bond donors (Lipinski definition) is 1. The monoisotopic (exact) mass is 274 g/mol. The molecule has 0 fully saturated rings. The van der Waals surface area contributed by atoms with Gasteiger partial charge in [-0.2, -0.15) is 0 Å². The largest absolute Gasteiger partial charge is 0.506 e. The van der Waals surface area contributed by atoms with Crippen molar-refractivity contribution >= 4 is 23.2 Å². The van der Waals surface area contributed by atoms with Crippen molar-refractivity contribution in [2.24, 2.45) is 0 Å². The summed E-state index contributed by atoms with van der Waals surface area (Å²) in [4.78, 5) is 0. The molecular formula is C12H6Cl2F2O. The minimum atomic E-state index is -0.740. The third-order valence-electron chi connectivity index (χ3n) is 2.20. The Morgan fingerprint density at radius 2 is 1.47 bits per heavy atom. The van der Waals surface area contributed by atoms with Gasteiger partial charge in [0.15, 0.2) is 0 Å². The van der Waals surface area contributed by atoms with Gasteiger partial charge in [0.2, 0.25) is 0 Å². The first-order chi connectivity index (χ1) is 7.97. The van der Waals surface area contributed by atoms with E-state index in [0.29, 0.717) is 0 Å². The summed E-state index contributed by atoms with van der Waals surface area (Å²) >= 11 is 11.5. The van der Waals surface area contributed by atoms with Crippen LogP contribution in [-0.4, -0.2) is 5.11 Å². The summed E-state index contributed by atoms with van der Waals surface area (Å²) in [6.07, 6.45) is 0. The second-order valence-electron chi connectivity index (χ2n) is 3.44. The second-order valence-corrected chi connectivity index (χ2v) is 4.29. The summed E-state index contributed by atoms with van der Waals surface area (Å²) in [5.41, 5.74) is 0.352. The predicted molar refractivity (Wildman–Crippen MR) is 63.5 cm³/mol.